The summed E-state index contributed by atoms with van der Waals surface area (Å²) in [5.41, 5.74) is 3.67. The standard InChI is InChI=1S/C17H15ClF3N2O6P/c1-3-30(27,28-7-12(22)24)11-6-9(4-5-10(11)23(25)26)29-17-13(18)14(19)8(2)15(20)16(17)21/h4-6H,3,7H2,1-2H3,(H2,22,24). The van der Waals surface area contributed by atoms with Crippen LogP contribution < -0.4 is 15.8 Å². The lowest BCUT2D eigenvalue weighted by Crippen LogP contribution is -2.21. The first-order chi connectivity index (χ1) is 13.9. The Morgan fingerprint density at radius 1 is 1.27 bits per heavy atom. The van der Waals surface area contributed by atoms with Gasteiger partial charge in [-0.25, -0.2) is 8.78 Å². The fourth-order valence-corrected chi connectivity index (χ4v) is 4.51. The fourth-order valence-electron chi connectivity index (χ4n) is 2.42. The Kier molecular flexibility index (Phi) is 7.12. The number of amides is 1. The Labute approximate surface area is 173 Å². The number of carbonyl (C=O) groups is 1. The summed E-state index contributed by atoms with van der Waals surface area (Å²) in [7, 11) is -3.98. The highest BCUT2D eigenvalue weighted by Crippen LogP contribution is 2.49. The van der Waals surface area contributed by atoms with Crippen LogP contribution in [0.1, 0.15) is 12.5 Å². The summed E-state index contributed by atoms with van der Waals surface area (Å²) in [6.07, 6.45) is -0.256. The van der Waals surface area contributed by atoms with Crippen molar-refractivity contribution in [3.8, 4) is 11.5 Å². The first-order valence-electron chi connectivity index (χ1n) is 8.24. The molecule has 1 amide bonds. The van der Waals surface area contributed by atoms with Gasteiger partial charge < -0.3 is 15.0 Å². The van der Waals surface area contributed by atoms with Gasteiger partial charge in [0.15, 0.2) is 17.4 Å². The number of hydrogen-bond acceptors (Lipinski definition) is 6. The zero-order chi connectivity index (χ0) is 22.8. The van der Waals surface area contributed by atoms with Gasteiger partial charge in [0, 0.05) is 23.9 Å². The van der Waals surface area contributed by atoms with Crippen molar-refractivity contribution in [3.63, 3.8) is 0 Å². The van der Waals surface area contributed by atoms with Crippen molar-refractivity contribution >= 4 is 35.9 Å². The molecule has 0 aliphatic carbocycles. The lowest BCUT2D eigenvalue weighted by molar-refractivity contribution is -0.383. The molecular formula is C17H15ClF3N2O6P. The molecule has 13 heteroatoms. The predicted molar refractivity (Wildman–Crippen MR) is 102 cm³/mol. The van der Waals surface area contributed by atoms with Gasteiger partial charge in [0.2, 0.25) is 19.1 Å². The van der Waals surface area contributed by atoms with Crippen molar-refractivity contribution in [2.24, 2.45) is 5.73 Å². The summed E-state index contributed by atoms with van der Waals surface area (Å²) in [6, 6.07) is 2.75. The monoisotopic (exact) mass is 466 g/mol. The highest BCUT2D eigenvalue weighted by molar-refractivity contribution is 7.67. The molecule has 0 aliphatic rings. The molecule has 162 valence electrons. The van der Waals surface area contributed by atoms with Crippen LogP contribution >= 0.6 is 19.0 Å². The Balaban J connectivity index is 2.61. The molecule has 1 unspecified atom stereocenters. The molecule has 0 spiro atoms. The molecule has 0 fully saturated rings. The Hall–Kier alpha value is -2.62. The number of nitro benzene ring substituents is 1. The summed E-state index contributed by atoms with van der Waals surface area (Å²) in [4.78, 5) is 21.5. The van der Waals surface area contributed by atoms with Crippen molar-refractivity contribution in [2.45, 2.75) is 13.8 Å². The molecular weight excluding hydrogens is 452 g/mol. The quantitative estimate of drug-likeness (QED) is 0.269. The number of rotatable bonds is 8. The van der Waals surface area contributed by atoms with E-state index in [9.17, 15) is 32.6 Å². The smallest absolute Gasteiger partial charge is 0.282 e. The van der Waals surface area contributed by atoms with Gasteiger partial charge in [0.1, 0.15) is 22.7 Å². The molecule has 0 saturated carbocycles. The average molecular weight is 467 g/mol. The molecule has 0 bridgehead atoms. The topological polar surface area (TPSA) is 122 Å². The zero-order valence-electron chi connectivity index (χ0n) is 15.6. The van der Waals surface area contributed by atoms with Gasteiger partial charge in [-0.1, -0.05) is 18.5 Å². The molecule has 0 heterocycles. The van der Waals surface area contributed by atoms with Crippen molar-refractivity contribution in [1.29, 1.82) is 0 Å². The molecule has 8 nitrogen and oxygen atoms in total. The fraction of sp³-hybridized carbons (Fsp3) is 0.235. The maximum atomic E-state index is 14.2. The van der Waals surface area contributed by atoms with Gasteiger partial charge in [-0.2, -0.15) is 4.39 Å². The summed E-state index contributed by atoms with van der Waals surface area (Å²) in [6.45, 7) is 1.59. The average Bonchev–Trinajstić information content (AvgIpc) is 2.71. The van der Waals surface area contributed by atoms with Crippen molar-refractivity contribution in [3.05, 3.63) is 56.4 Å². The number of carbonyl (C=O) groups excluding carboxylic acids is 1. The minimum absolute atomic E-state index is 0.256. The van der Waals surface area contributed by atoms with E-state index in [1.54, 1.807) is 0 Å². The minimum Gasteiger partial charge on any atom is -0.452 e. The molecule has 1 atom stereocenters. The third kappa shape index (κ3) is 4.58. The maximum absolute atomic E-state index is 14.2. The first kappa shape index (κ1) is 23.7. The van der Waals surface area contributed by atoms with Gasteiger partial charge >= 0.3 is 0 Å². The predicted octanol–water partition coefficient (Wildman–Crippen LogP) is 4.19. The van der Waals surface area contributed by atoms with Crippen LogP contribution in [0.5, 0.6) is 11.5 Å². The number of halogens is 4. The molecule has 30 heavy (non-hydrogen) atoms. The highest BCUT2D eigenvalue weighted by atomic mass is 35.5. The number of primary amides is 1. The lowest BCUT2D eigenvalue weighted by atomic mass is 10.2. The summed E-state index contributed by atoms with van der Waals surface area (Å²) in [5.74, 6) is -6.69. The van der Waals surface area contributed by atoms with Crippen LogP contribution in [0.25, 0.3) is 0 Å². The van der Waals surface area contributed by atoms with Gasteiger partial charge in [-0.15, -0.1) is 0 Å². The van der Waals surface area contributed by atoms with Gasteiger partial charge in [-0.3, -0.25) is 19.5 Å². The normalized spacial score (nSPS) is 13.0. The molecule has 2 N–H and O–H groups in total. The zero-order valence-corrected chi connectivity index (χ0v) is 17.2. The number of nitrogens with zero attached hydrogens (tertiary/aromatic N) is 1. The van der Waals surface area contributed by atoms with E-state index in [2.05, 4.69) is 0 Å². The third-order valence-corrected chi connectivity index (χ3v) is 6.81. The van der Waals surface area contributed by atoms with Crippen LogP contribution in [0, 0.1) is 34.5 Å². The number of nitrogens with two attached hydrogens (primary N) is 1. The van der Waals surface area contributed by atoms with Crippen LogP contribution in [-0.2, 0) is 13.9 Å². The summed E-state index contributed by atoms with van der Waals surface area (Å²) < 4.78 is 65.3. The number of nitro groups is 1. The second-order valence-corrected chi connectivity index (χ2v) is 9.05. The molecule has 0 saturated heterocycles. The lowest BCUT2D eigenvalue weighted by Gasteiger charge is -2.18. The van der Waals surface area contributed by atoms with Gasteiger partial charge in [0.25, 0.3) is 5.69 Å². The molecule has 0 radical (unpaired) electrons. The van der Waals surface area contributed by atoms with E-state index in [0.29, 0.717) is 0 Å². The van der Waals surface area contributed by atoms with Gasteiger partial charge in [-0.05, 0) is 13.0 Å². The second kappa shape index (κ2) is 9.03. The van der Waals surface area contributed by atoms with E-state index in [1.807, 2.05) is 0 Å². The SMILES string of the molecule is CCP(=O)(OCC(N)=O)c1cc(Oc2c(F)c(F)c(C)c(F)c2Cl)ccc1[N+](=O)[O-]. The van der Waals surface area contributed by atoms with Crippen LogP contribution in [-0.4, -0.2) is 23.6 Å². The van der Waals surface area contributed by atoms with Crippen LogP contribution in [0.2, 0.25) is 5.02 Å². The van der Waals surface area contributed by atoms with Crippen molar-refractivity contribution < 1.29 is 36.7 Å². The Morgan fingerprint density at radius 3 is 2.43 bits per heavy atom. The number of benzene rings is 2. The maximum Gasteiger partial charge on any atom is 0.282 e. The highest BCUT2D eigenvalue weighted by Gasteiger charge is 2.34. The van der Waals surface area contributed by atoms with E-state index in [-0.39, 0.29) is 11.9 Å². The van der Waals surface area contributed by atoms with E-state index in [0.717, 1.165) is 25.1 Å². The van der Waals surface area contributed by atoms with Gasteiger partial charge in [0.05, 0.1) is 4.92 Å². The van der Waals surface area contributed by atoms with Crippen molar-refractivity contribution in [1.82, 2.24) is 0 Å². The summed E-state index contributed by atoms with van der Waals surface area (Å²) in [5, 5.41) is 10.0. The largest absolute Gasteiger partial charge is 0.452 e. The van der Waals surface area contributed by atoms with E-state index in [1.165, 1.54) is 6.92 Å². The van der Waals surface area contributed by atoms with E-state index >= 15 is 0 Å². The first-order valence-corrected chi connectivity index (χ1v) is 10.4. The second-order valence-electron chi connectivity index (χ2n) is 5.95. The molecule has 2 aromatic carbocycles. The molecule has 2 rings (SSSR count). The summed E-state index contributed by atoms with van der Waals surface area (Å²) >= 11 is 5.70. The van der Waals surface area contributed by atoms with E-state index in [4.69, 9.17) is 26.6 Å². The van der Waals surface area contributed by atoms with Crippen molar-refractivity contribution in [2.75, 3.05) is 12.8 Å². The minimum atomic E-state index is -3.98. The number of hydrogen-bond donors (Lipinski definition) is 1. The van der Waals surface area contributed by atoms with Crippen LogP contribution in [0.3, 0.4) is 0 Å². The third-order valence-electron chi connectivity index (χ3n) is 4.00. The Bertz CT molecular complexity index is 1050. The molecule has 0 aromatic heterocycles. The Morgan fingerprint density at radius 2 is 1.90 bits per heavy atom. The molecule has 2 aromatic rings. The van der Waals surface area contributed by atoms with E-state index < -0.39 is 69.6 Å². The van der Waals surface area contributed by atoms with Crippen LogP contribution in [0.15, 0.2) is 18.2 Å². The van der Waals surface area contributed by atoms with Crippen LogP contribution in [0.4, 0.5) is 18.9 Å². The molecule has 0 aliphatic heterocycles. The number of ether oxygens (including phenoxy) is 1.